The number of likely N-dealkylation sites (tertiary alicyclic amines) is 1. The van der Waals surface area contributed by atoms with Gasteiger partial charge in [-0.15, -0.1) is 0 Å². The average Bonchev–Trinajstić information content (AvgIpc) is 2.91. The first kappa shape index (κ1) is 16.5. The maximum Gasteiger partial charge on any atom is 0.326 e. The Morgan fingerprint density at radius 2 is 1.91 bits per heavy atom. The van der Waals surface area contributed by atoms with Gasteiger partial charge in [0.25, 0.3) is 0 Å². The van der Waals surface area contributed by atoms with E-state index in [1.807, 2.05) is 13.8 Å². The molecular formula is C16H24N2O4. The molecule has 0 saturated carbocycles. The number of aryl methyl sites for hydroxylation is 1. The molecule has 1 saturated heterocycles. The van der Waals surface area contributed by atoms with Crippen molar-refractivity contribution in [1.82, 2.24) is 9.47 Å². The first-order valence-corrected chi connectivity index (χ1v) is 7.72. The Balaban J connectivity index is 2.57. The summed E-state index contributed by atoms with van der Waals surface area (Å²) < 4.78 is 1.61. The number of hydrogen-bond donors (Lipinski definition) is 2. The molecule has 1 aromatic heterocycles. The van der Waals surface area contributed by atoms with Gasteiger partial charge >= 0.3 is 5.97 Å². The molecule has 2 heterocycles. The molecule has 0 spiro atoms. The number of hydrogen-bond acceptors (Lipinski definition) is 4. The number of aromatic nitrogens is 1. The molecule has 122 valence electrons. The molecule has 2 N–H and O–H groups in total. The van der Waals surface area contributed by atoms with Gasteiger partial charge in [-0.2, -0.15) is 0 Å². The molecule has 1 unspecified atom stereocenters. The smallest absolute Gasteiger partial charge is 0.326 e. The van der Waals surface area contributed by atoms with Crippen LogP contribution in [0.1, 0.15) is 44.1 Å². The fourth-order valence-corrected chi connectivity index (χ4v) is 3.18. The van der Waals surface area contributed by atoms with Crippen molar-refractivity contribution in [3.05, 3.63) is 27.7 Å². The number of carboxylic acid groups (broad SMARTS) is 1. The Kier molecular flexibility index (Phi) is 4.90. The zero-order valence-electron chi connectivity index (χ0n) is 13.4. The van der Waals surface area contributed by atoms with Gasteiger partial charge < -0.3 is 14.8 Å². The summed E-state index contributed by atoms with van der Waals surface area (Å²) in [5, 5.41) is 19.8. The van der Waals surface area contributed by atoms with Crippen molar-refractivity contribution in [2.75, 3.05) is 13.1 Å². The second kappa shape index (κ2) is 6.52. The molecule has 1 fully saturated rings. The molecule has 1 aliphatic heterocycles. The van der Waals surface area contributed by atoms with Crippen molar-refractivity contribution >= 4 is 5.97 Å². The molecule has 1 atom stereocenters. The molecule has 6 nitrogen and oxygen atoms in total. The van der Waals surface area contributed by atoms with E-state index in [-0.39, 0.29) is 11.7 Å². The zero-order valence-corrected chi connectivity index (χ0v) is 13.4. The van der Waals surface area contributed by atoms with E-state index in [1.54, 1.807) is 11.5 Å². The van der Waals surface area contributed by atoms with Gasteiger partial charge in [0.05, 0.1) is 5.69 Å². The van der Waals surface area contributed by atoms with E-state index in [1.165, 1.54) is 6.07 Å². The van der Waals surface area contributed by atoms with Crippen LogP contribution in [0.2, 0.25) is 0 Å². The summed E-state index contributed by atoms with van der Waals surface area (Å²) >= 11 is 0. The molecule has 0 amide bonds. The van der Waals surface area contributed by atoms with Crippen molar-refractivity contribution in [1.29, 1.82) is 0 Å². The van der Waals surface area contributed by atoms with E-state index in [4.69, 9.17) is 0 Å². The summed E-state index contributed by atoms with van der Waals surface area (Å²) in [6.45, 7) is 7.58. The predicted molar refractivity (Wildman–Crippen MR) is 83.1 cm³/mol. The zero-order chi connectivity index (χ0) is 16.4. The van der Waals surface area contributed by atoms with Gasteiger partial charge in [-0.25, -0.2) is 4.79 Å². The van der Waals surface area contributed by atoms with Crippen LogP contribution in [0.25, 0.3) is 0 Å². The average molecular weight is 308 g/mol. The number of nitrogens with zero attached hydrogens (tertiary/aromatic N) is 2. The predicted octanol–water partition coefficient (Wildman–Crippen LogP) is 1.74. The Labute approximate surface area is 130 Å². The summed E-state index contributed by atoms with van der Waals surface area (Å²) in [6, 6.07) is 0.505. The highest BCUT2D eigenvalue weighted by Gasteiger charge is 2.29. The van der Waals surface area contributed by atoms with Gasteiger partial charge in [-0.1, -0.05) is 13.8 Å². The van der Waals surface area contributed by atoms with Crippen LogP contribution in [0.5, 0.6) is 5.75 Å². The number of aromatic hydroxyl groups is 1. The van der Waals surface area contributed by atoms with Crippen molar-refractivity contribution in [2.24, 2.45) is 5.92 Å². The highest BCUT2D eigenvalue weighted by molar-refractivity contribution is 5.72. The van der Waals surface area contributed by atoms with E-state index in [9.17, 15) is 19.8 Å². The first-order chi connectivity index (χ1) is 10.3. The second-order valence-corrected chi connectivity index (χ2v) is 6.33. The van der Waals surface area contributed by atoms with Gasteiger partial charge in [0.1, 0.15) is 6.04 Å². The quantitative estimate of drug-likeness (QED) is 0.866. The summed E-state index contributed by atoms with van der Waals surface area (Å²) in [5.41, 5.74) is 0.530. The SMILES string of the molecule is Cc1cc(=O)c(O)c(CN2CCCC2)n1C(C(=O)O)C(C)C. The van der Waals surface area contributed by atoms with Crippen molar-refractivity contribution in [3.63, 3.8) is 0 Å². The van der Waals surface area contributed by atoms with Gasteiger partial charge in [-0.05, 0) is 38.8 Å². The number of pyridine rings is 1. The largest absolute Gasteiger partial charge is 0.503 e. The highest BCUT2D eigenvalue weighted by atomic mass is 16.4. The van der Waals surface area contributed by atoms with Gasteiger partial charge in [0, 0.05) is 18.3 Å². The van der Waals surface area contributed by atoms with Crippen LogP contribution < -0.4 is 5.43 Å². The Morgan fingerprint density at radius 1 is 1.32 bits per heavy atom. The Bertz CT molecular complexity index is 615. The van der Waals surface area contributed by atoms with Crippen LogP contribution in [-0.2, 0) is 11.3 Å². The van der Waals surface area contributed by atoms with E-state index >= 15 is 0 Å². The van der Waals surface area contributed by atoms with Crippen molar-refractivity contribution in [2.45, 2.75) is 46.2 Å². The van der Waals surface area contributed by atoms with Crippen molar-refractivity contribution in [3.8, 4) is 5.75 Å². The molecule has 2 rings (SSSR count). The minimum Gasteiger partial charge on any atom is -0.503 e. The molecule has 1 aromatic rings. The van der Waals surface area contributed by atoms with Crippen LogP contribution in [0.15, 0.2) is 10.9 Å². The summed E-state index contributed by atoms with van der Waals surface area (Å²) in [5.74, 6) is -1.44. The molecule has 0 radical (unpaired) electrons. The lowest BCUT2D eigenvalue weighted by atomic mass is 10.0. The first-order valence-electron chi connectivity index (χ1n) is 7.72. The maximum absolute atomic E-state index is 11.9. The summed E-state index contributed by atoms with van der Waals surface area (Å²) in [7, 11) is 0. The second-order valence-electron chi connectivity index (χ2n) is 6.33. The lowest BCUT2D eigenvalue weighted by molar-refractivity contribution is -0.142. The number of rotatable bonds is 5. The lowest BCUT2D eigenvalue weighted by Crippen LogP contribution is -2.32. The number of carbonyl (C=O) groups is 1. The van der Waals surface area contributed by atoms with Crippen LogP contribution in [0.4, 0.5) is 0 Å². The summed E-state index contributed by atoms with van der Waals surface area (Å²) in [4.78, 5) is 25.7. The van der Waals surface area contributed by atoms with Crippen LogP contribution in [0, 0.1) is 12.8 Å². The third kappa shape index (κ3) is 3.16. The van der Waals surface area contributed by atoms with Gasteiger partial charge in [0.15, 0.2) is 5.75 Å². The van der Waals surface area contributed by atoms with E-state index in [0.29, 0.717) is 17.9 Å². The minimum absolute atomic E-state index is 0.157. The molecule has 6 heteroatoms. The molecule has 0 aliphatic carbocycles. The molecule has 1 aliphatic rings. The highest BCUT2D eigenvalue weighted by Crippen LogP contribution is 2.27. The minimum atomic E-state index is -0.955. The molecule has 22 heavy (non-hydrogen) atoms. The third-order valence-electron chi connectivity index (χ3n) is 4.25. The Hall–Kier alpha value is -1.82. The monoisotopic (exact) mass is 308 g/mol. The third-order valence-corrected chi connectivity index (χ3v) is 4.25. The standard InChI is InChI=1S/C16H24N2O4/c1-10(2)14(16(21)22)18-11(3)8-13(19)15(20)12(18)9-17-6-4-5-7-17/h8,10,14,20H,4-7,9H2,1-3H3,(H,21,22). The number of carboxylic acids is 1. The van der Waals surface area contributed by atoms with Gasteiger partial charge in [0.2, 0.25) is 5.43 Å². The van der Waals surface area contributed by atoms with Crippen LogP contribution in [0.3, 0.4) is 0 Å². The topological polar surface area (TPSA) is 82.8 Å². The normalized spacial score (nSPS) is 17.1. The van der Waals surface area contributed by atoms with Gasteiger partial charge in [-0.3, -0.25) is 9.69 Å². The van der Waals surface area contributed by atoms with Crippen LogP contribution >= 0.6 is 0 Å². The molecule has 0 aromatic carbocycles. The summed E-state index contributed by atoms with van der Waals surface area (Å²) in [6.07, 6.45) is 2.17. The van der Waals surface area contributed by atoms with E-state index < -0.39 is 17.4 Å². The maximum atomic E-state index is 11.9. The molecule has 0 bridgehead atoms. The van der Waals surface area contributed by atoms with E-state index in [2.05, 4.69) is 4.90 Å². The van der Waals surface area contributed by atoms with Crippen LogP contribution in [-0.4, -0.2) is 38.7 Å². The fourth-order valence-electron chi connectivity index (χ4n) is 3.18. The molecular weight excluding hydrogens is 284 g/mol. The van der Waals surface area contributed by atoms with Crippen molar-refractivity contribution < 1.29 is 15.0 Å². The number of aliphatic carboxylic acids is 1. The fraction of sp³-hybridized carbons (Fsp3) is 0.625. The lowest BCUT2D eigenvalue weighted by Gasteiger charge is -2.28. The van der Waals surface area contributed by atoms with E-state index in [0.717, 1.165) is 25.9 Å². The Morgan fingerprint density at radius 3 is 2.41 bits per heavy atom.